The number of hydrogen-bond acceptors (Lipinski definition) is 3. The van der Waals surface area contributed by atoms with Gasteiger partial charge in [-0.3, -0.25) is 0 Å². The monoisotopic (exact) mass is 370 g/mol. The summed E-state index contributed by atoms with van der Waals surface area (Å²) in [5.41, 5.74) is 3.19. The van der Waals surface area contributed by atoms with Gasteiger partial charge in [-0.05, 0) is 55.3 Å². The zero-order valence-corrected chi connectivity index (χ0v) is 15.1. The van der Waals surface area contributed by atoms with Crippen molar-refractivity contribution in [2.75, 3.05) is 7.05 Å². The summed E-state index contributed by atoms with van der Waals surface area (Å²) >= 11 is 0. The van der Waals surface area contributed by atoms with Gasteiger partial charge in [-0.25, -0.2) is 16.8 Å². The van der Waals surface area contributed by atoms with Crippen LogP contribution in [0.15, 0.2) is 65.6 Å². The molecule has 0 aliphatic heterocycles. The van der Waals surface area contributed by atoms with Crippen LogP contribution in [0, 0.1) is 5.82 Å². The Balaban J connectivity index is 1.98. The van der Waals surface area contributed by atoms with E-state index in [4.69, 9.17) is 0 Å². The summed E-state index contributed by atoms with van der Waals surface area (Å²) in [4.78, 5) is -0.0408. The number of benzene rings is 2. The zero-order valence-electron chi connectivity index (χ0n) is 14.3. The molecule has 1 aromatic heterocycles. The van der Waals surface area contributed by atoms with Crippen molar-refractivity contribution < 1.29 is 12.8 Å². The van der Waals surface area contributed by atoms with E-state index in [1.807, 2.05) is 43.4 Å². The van der Waals surface area contributed by atoms with E-state index in [9.17, 15) is 12.8 Å². The first-order valence-corrected chi connectivity index (χ1v) is 9.94. The Bertz CT molecular complexity index is 1060. The Labute approximate surface area is 152 Å². The molecule has 1 heterocycles. The fourth-order valence-electron chi connectivity index (χ4n) is 3.65. The van der Waals surface area contributed by atoms with E-state index in [0.717, 1.165) is 29.3 Å². The van der Waals surface area contributed by atoms with Crippen LogP contribution in [0.3, 0.4) is 0 Å². The summed E-state index contributed by atoms with van der Waals surface area (Å²) in [6.07, 6.45) is 1.50. The maximum absolute atomic E-state index is 13.7. The average Bonchev–Trinajstić information content (AvgIpc) is 3.21. The van der Waals surface area contributed by atoms with Gasteiger partial charge in [0.1, 0.15) is 5.82 Å². The van der Waals surface area contributed by atoms with Crippen LogP contribution in [-0.2, 0) is 16.4 Å². The second-order valence-electron chi connectivity index (χ2n) is 6.40. The van der Waals surface area contributed by atoms with Crippen molar-refractivity contribution >= 4 is 10.0 Å². The Morgan fingerprint density at radius 3 is 2.54 bits per heavy atom. The quantitative estimate of drug-likeness (QED) is 0.761. The predicted molar refractivity (Wildman–Crippen MR) is 99.0 cm³/mol. The number of rotatable bonds is 4. The van der Waals surface area contributed by atoms with Gasteiger partial charge in [0.05, 0.1) is 10.6 Å². The van der Waals surface area contributed by atoms with E-state index < -0.39 is 15.8 Å². The van der Waals surface area contributed by atoms with Crippen molar-refractivity contribution in [1.82, 2.24) is 9.29 Å². The molecular weight excluding hydrogens is 351 g/mol. The van der Waals surface area contributed by atoms with Crippen molar-refractivity contribution in [3.05, 3.63) is 77.7 Å². The molecular formula is C20H19FN2O2S. The second kappa shape index (κ2) is 6.37. The van der Waals surface area contributed by atoms with Crippen molar-refractivity contribution in [1.29, 1.82) is 0 Å². The molecule has 1 aliphatic rings. The first-order valence-electron chi connectivity index (χ1n) is 8.50. The number of aromatic nitrogens is 1. The van der Waals surface area contributed by atoms with Crippen LogP contribution in [0.4, 0.5) is 4.39 Å². The highest BCUT2D eigenvalue weighted by molar-refractivity contribution is 7.90. The predicted octanol–water partition coefficient (Wildman–Crippen LogP) is 3.74. The smallest absolute Gasteiger partial charge is 0.268 e. The molecule has 134 valence electrons. The normalized spacial score (nSPS) is 16.6. The molecule has 1 atom stereocenters. The highest BCUT2D eigenvalue weighted by atomic mass is 32.2. The number of nitrogens with zero attached hydrogens (tertiary/aromatic N) is 1. The zero-order chi connectivity index (χ0) is 18.3. The molecule has 0 amide bonds. The number of nitrogens with one attached hydrogen (secondary N) is 1. The maximum atomic E-state index is 13.7. The van der Waals surface area contributed by atoms with Crippen LogP contribution in [0.1, 0.15) is 23.7 Å². The Morgan fingerprint density at radius 1 is 1.08 bits per heavy atom. The standard InChI is InChI=1S/C20H19FN2O2S/c1-22-18-10-11-19-17(18)13-20(14-6-3-2-4-7-14)23(19)26(24,25)16-9-5-8-15(21)12-16/h2-9,12-13,18,22H,10-11H2,1H3. The third kappa shape index (κ3) is 2.66. The largest absolute Gasteiger partial charge is 0.313 e. The summed E-state index contributed by atoms with van der Waals surface area (Å²) in [5, 5.41) is 3.24. The highest BCUT2D eigenvalue weighted by Gasteiger charge is 2.33. The van der Waals surface area contributed by atoms with Crippen LogP contribution in [0.25, 0.3) is 11.3 Å². The minimum Gasteiger partial charge on any atom is -0.313 e. The van der Waals surface area contributed by atoms with Gasteiger partial charge in [0.25, 0.3) is 10.0 Å². The minimum absolute atomic E-state index is 0.0408. The molecule has 26 heavy (non-hydrogen) atoms. The lowest BCUT2D eigenvalue weighted by atomic mass is 10.1. The molecule has 0 spiro atoms. The van der Waals surface area contributed by atoms with Gasteiger partial charge >= 0.3 is 0 Å². The molecule has 0 saturated heterocycles. The van der Waals surface area contributed by atoms with Crippen molar-refractivity contribution in [3.8, 4) is 11.3 Å². The fourth-order valence-corrected chi connectivity index (χ4v) is 5.28. The average molecular weight is 370 g/mol. The van der Waals surface area contributed by atoms with Crippen LogP contribution >= 0.6 is 0 Å². The van der Waals surface area contributed by atoms with E-state index in [1.165, 1.54) is 22.2 Å². The second-order valence-corrected chi connectivity index (χ2v) is 8.19. The third-order valence-electron chi connectivity index (χ3n) is 4.89. The van der Waals surface area contributed by atoms with E-state index in [1.54, 1.807) is 0 Å². The summed E-state index contributed by atoms with van der Waals surface area (Å²) in [6.45, 7) is 0. The lowest BCUT2D eigenvalue weighted by Crippen LogP contribution is -2.16. The van der Waals surface area contributed by atoms with Crippen LogP contribution in [-0.4, -0.2) is 19.4 Å². The Kier molecular flexibility index (Phi) is 4.17. The van der Waals surface area contributed by atoms with Gasteiger partial charge in [-0.2, -0.15) is 0 Å². The van der Waals surface area contributed by atoms with E-state index in [0.29, 0.717) is 12.1 Å². The fraction of sp³-hybridized carbons (Fsp3) is 0.200. The Hall–Kier alpha value is -2.44. The van der Waals surface area contributed by atoms with Gasteiger partial charge < -0.3 is 5.32 Å². The van der Waals surface area contributed by atoms with Crippen molar-refractivity contribution in [2.24, 2.45) is 0 Å². The molecule has 0 saturated carbocycles. The molecule has 2 aromatic carbocycles. The molecule has 0 fully saturated rings. The van der Waals surface area contributed by atoms with Crippen LogP contribution < -0.4 is 5.32 Å². The molecule has 1 unspecified atom stereocenters. The summed E-state index contributed by atoms with van der Waals surface area (Å²) in [7, 11) is -2.03. The molecule has 6 heteroatoms. The minimum atomic E-state index is -3.90. The maximum Gasteiger partial charge on any atom is 0.268 e. The van der Waals surface area contributed by atoms with Crippen molar-refractivity contribution in [3.63, 3.8) is 0 Å². The Morgan fingerprint density at radius 2 is 1.85 bits per heavy atom. The van der Waals surface area contributed by atoms with Gasteiger partial charge in [0.2, 0.25) is 0 Å². The summed E-state index contributed by atoms with van der Waals surface area (Å²) in [5.74, 6) is -0.566. The van der Waals surface area contributed by atoms with Crippen molar-refractivity contribution in [2.45, 2.75) is 23.8 Å². The first-order chi connectivity index (χ1) is 12.5. The molecule has 0 radical (unpaired) electrons. The van der Waals surface area contributed by atoms with E-state index in [-0.39, 0.29) is 10.9 Å². The molecule has 0 bridgehead atoms. The molecule has 1 aliphatic carbocycles. The van der Waals surface area contributed by atoms with Gasteiger partial charge in [0.15, 0.2) is 0 Å². The van der Waals surface area contributed by atoms with Gasteiger partial charge in [-0.1, -0.05) is 36.4 Å². The highest BCUT2D eigenvalue weighted by Crippen LogP contribution is 2.39. The van der Waals surface area contributed by atoms with E-state index in [2.05, 4.69) is 5.32 Å². The molecule has 3 aromatic rings. The number of fused-ring (bicyclic) bond motifs is 1. The lowest BCUT2D eigenvalue weighted by molar-refractivity contribution is 0.579. The molecule has 4 nitrogen and oxygen atoms in total. The van der Waals surface area contributed by atoms with Crippen LogP contribution in [0.5, 0.6) is 0 Å². The first kappa shape index (κ1) is 17.0. The topological polar surface area (TPSA) is 51.1 Å². The summed E-state index contributed by atoms with van der Waals surface area (Å²) < 4.78 is 41.8. The molecule has 4 rings (SSSR count). The number of hydrogen-bond donors (Lipinski definition) is 1. The summed E-state index contributed by atoms with van der Waals surface area (Å²) in [6, 6.07) is 16.6. The van der Waals surface area contributed by atoms with Gasteiger partial charge in [0, 0.05) is 11.7 Å². The van der Waals surface area contributed by atoms with Gasteiger partial charge in [-0.15, -0.1) is 0 Å². The SMILES string of the molecule is CNC1CCc2c1cc(-c1ccccc1)n2S(=O)(=O)c1cccc(F)c1. The lowest BCUT2D eigenvalue weighted by Gasteiger charge is -2.14. The van der Waals surface area contributed by atoms with Crippen LogP contribution in [0.2, 0.25) is 0 Å². The third-order valence-corrected chi connectivity index (χ3v) is 6.63. The number of halogens is 1. The molecule has 1 N–H and O–H groups in total. The van der Waals surface area contributed by atoms with E-state index >= 15 is 0 Å².